The lowest BCUT2D eigenvalue weighted by atomic mass is 10.1. The summed E-state index contributed by atoms with van der Waals surface area (Å²) in [6.45, 7) is 0.974. The third-order valence-corrected chi connectivity index (χ3v) is 6.95. The van der Waals surface area contributed by atoms with E-state index < -0.39 is 15.8 Å². The normalized spacial score (nSPS) is 14.9. The van der Waals surface area contributed by atoms with Crippen LogP contribution < -0.4 is 4.74 Å². The summed E-state index contributed by atoms with van der Waals surface area (Å²) in [5.41, 5.74) is 1.53. The molecule has 1 amide bonds. The van der Waals surface area contributed by atoms with Crippen LogP contribution >= 0.6 is 0 Å². The van der Waals surface area contributed by atoms with Crippen molar-refractivity contribution in [3.05, 3.63) is 66.6 Å². The highest BCUT2D eigenvalue weighted by Gasteiger charge is 2.26. The number of amides is 1. The molecule has 12 heteroatoms. The number of aromatic nitrogens is 5. The highest BCUT2D eigenvalue weighted by molar-refractivity contribution is 7.90. The van der Waals surface area contributed by atoms with Gasteiger partial charge >= 0.3 is 0 Å². The summed E-state index contributed by atoms with van der Waals surface area (Å²) in [6.07, 6.45) is 6.45. The molecule has 4 aromatic rings. The average molecular weight is 497 g/mol. The van der Waals surface area contributed by atoms with E-state index in [-0.39, 0.29) is 16.9 Å². The predicted octanol–water partition coefficient (Wildman–Crippen LogP) is 2.44. The second-order valence-corrected chi connectivity index (χ2v) is 10.2. The first kappa shape index (κ1) is 22.8. The SMILES string of the molecule is CS(=O)(=O)c1ccc(-n2ncc3c(OC4CCN(C(=O)c5ccc(F)nc5)CC4)ncnc32)cc1. The number of sulfone groups is 1. The third kappa shape index (κ3) is 4.69. The van der Waals surface area contributed by atoms with E-state index in [0.717, 1.165) is 6.26 Å². The van der Waals surface area contributed by atoms with Crippen LogP contribution in [0.15, 0.2) is 60.0 Å². The number of benzene rings is 1. The number of pyridine rings is 1. The average Bonchev–Trinajstić information content (AvgIpc) is 3.29. The maximum atomic E-state index is 13.0. The lowest BCUT2D eigenvalue weighted by Gasteiger charge is -2.32. The van der Waals surface area contributed by atoms with Crippen LogP contribution in [0.5, 0.6) is 5.88 Å². The number of hydrogen-bond donors (Lipinski definition) is 0. The topological polar surface area (TPSA) is 120 Å². The molecule has 35 heavy (non-hydrogen) atoms. The van der Waals surface area contributed by atoms with Crippen molar-refractivity contribution in [1.82, 2.24) is 29.6 Å². The van der Waals surface area contributed by atoms with Crippen molar-refractivity contribution in [3.8, 4) is 11.6 Å². The van der Waals surface area contributed by atoms with E-state index in [9.17, 15) is 17.6 Å². The molecule has 0 saturated carbocycles. The van der Waals surface area contributed by atoms with E-state index in [1.54, 1.807) is 27.9 Å². The second kappa shape index (κ2) is 9.02. The van der Waals surface area contributed by atoms with Crippen LogP contribution in [0.2, 0.25) is 0 Å². The molecule has 0 unspecified atom stereocenters. The molecule has 5 rings (SSSR count). The molecule has 1 aliphatic rings. The predicted molar refractivity (Wildman–Crippen MR) is 124 cm³/mol. The van der Waals surface area contributed by atoms with Gasteiger partial charge in [0.25, 0.3) is 5.91 Å². The van der Waals surface area contributed by atoms with Gasteiger partial charge in [-0.05, 0) is 36.4 Å². The van der Waals surface area contributed by atoms with E-state index in [1.165, 1.54) is 36.8 Å². The minimum atomic E-state index is -3.30. The van der Waals surface area contributed by atoms with Crippen molar-refractivity contribution in [3.63, 3.8) is 0 Å². The monoisotopic (exact) mass is 496 g/mol. The van der Waals surface area contributed by atoms with E-state index in [4.69, 9.17) is 4.74 Å². The van der Waals surface area contributed by atoms with Crippen molar-refractivity contribution >= 4 is 26.8 Å². The minimum Gasteiger partial charge on any atom is -0.474 e. The number of likely N-dealkylation sites (tertiary alicyclic amines) is 1. The van der Waals surface area contributed by atoms with Gasteiger partial charge in [-0.25, -0.2) is 28.1 Å². The number of nitrogens with zero attached hydrogens (tertiary/aromatic N) is 6. The smallest absolute Gasteiger partial charge is 0.255 e. The molecule has 1 fully saturated rings. The van der Waals surface area contributed by atoms with Crippen LogP contribution in [0.25, 0.3) is 16.7 Å². The number of hydrogen-bond acceptors (Lipinski definition) is 8. The van der Waals surface area contributed by atoms with Gasteiger partial charge in [-0.2, -0.15) is 9.49 Å². The Balaban J connectivity index is 1.29. The fourth-order valence-electron chi connectivity index (χ4n) is 3.96. The van der Waals surface area contributed by atoms with Crippen molar-refractivity contribution < 1.29 is 22.3 Å². The van der Waals surface area contributed by atoms with Gasteiger partial charge in [-0.15, -0.1) is 0 Å². The van der Waals surface area contributed by atoms with Crippen molar-refractivity contribution in [1.29, 1.82) is 0 Å². The Kier molecular flexibility index (Phi) is 5.89. The molecule has 0 radical (unpaired) electrons. The molecule has 10 nitrogen and oxygen atoms in total. The third-order valence-electron chi connectivity index (χ3n) is 5.82. The van der Waals surface area contributed by atoms with Gasteiger partial charge in [-0.1, -0.05) is 0 Å². The standard InChI is InChI=1S/C23H21FN6O4S/c1-35(32,33)18-5-3-16(4-6-18)30-21-19(13-28-30)22(27-14-26-21)34-17-8-10-29(11-9-17)23(31)15-2-7-20(24)25-12-15/h2-7,12-14,17H,8-11H2,1H3. The maximum absolute atomic E-state index is 13.0. The summed E-state index contributed by atoms with van der Waals surface area (Å²) in [5.74, 6) is -0.427. The molecule has 4 heterocycles. The van der Waals surface area contributed by atoms with Crippen LogP contribution in [0, 0.1) is 5.95 Å². The van der Waals surface area contributed by atoms with Gasteiger partial charge in [0.2, 0.25) is 11.8 Å². The highest BCUT2D eigenvalue weighted by Crippen LogP contribution is 2.27. The van der Waals surface area contributed by atoms with E-state index in [0.29, 0.717) is 54.1 Å². The molecule has 0 spiro atoms. The largest absolute Gasteiger partial charge is 0.474 e. The Bertz CT molecular complexity index is 1480. The molecular weight excluding hydrogens is 475 g/mol. The van der Waals surface area contributed by atoms with Crippen molar-refractivity contribution in [2.75, 3.05) is 19.3 Å². The Morgan fingerprint density at radius 3 is 2.43 bits per heavy atom. The van der Waals surface area contributed by atoms with Crippen molar-refractivity contribution in [2.45, 2.75) is 23.8 Å². The van der Waals surface area contributed by atoms with Crippen LogP contribution in [0.3, 0.4) is 0 Å². The van der Waals surface area contributed by atoms with Gasteiger partial charge in [0.05, 0.1) is 22.3 Å². The van der Waals surface area contributed by atoms with Crippen molar-refractivity contribution in [2.24, 2.45) is 0 Å². The summed E-state index contributed by atoms with van der Waals surface area (Å²) in [7, 11) is -3.30. The Morgan fingerprint density at radius 2 is 1.77 bits per heavy atom. The zero-order valence-electron chi connectivity index (χ0n) is 18.7. The van der Waals surface area contributed by atoms with Crippen LogP contribution in [-0.4, -0.2) is 69.4 Å². The van der Waals surface area contributed by atoms with Gasteiger partial charge in [0.1, 0.15) is 17.8 Å². The molecule has 1 saturated heterocycles. The Morgan fingerprint density at radius 1 is 1.03 bits per heavy atom. The number of halogens is 1. The van der Waals surface area contributed by atoms with Crippen LogP contribution in [0.4, 0.5) is 4.39 Å². The summed E-state index contributed by atoms with van der Waals surface area (Å²) in [6, 6.07) is 8.96. The number of piperidine rings is 1. The first-order chi connectivity index (χ1) is 16.8. The van der Waals surface area contributed by atoms with Gasteiger partial charge in [-0.3, -0.25) is 4.79 Å². The van der Waals surface area contributed by atoms with E-state index in [1.807, 2.05) is 0 Å². The summed E-state index contributed by atoms with van der Waals surface area (Å²) >= 11 is 0. The highest BCUT2D eigenvalue weighted by atomic mass is 32.2. The molecule has 0 N–H and O–H groups in total. The molecule has 0 bridgehead atoms. The molecule has 180 valence electrons. The zero-order chi connectivity index (χ0) is 24.6. The molecule has 3 aromatic heterocycles. The number of rotatable bonds is 5. The minimum absolute atomic E-state index is 0.152. The van der Waals surface area contributed by atoms with Crippen LogP contribution in [-0.2, 0) is 9.84 Å². The fraction of sp³-hybridized carbons (Fsp3) is 0.261. The molecular formula is C23H21FN6O4S. The molecule has 0 atom stereocenters. The fourth-order valence-corrected chi connectivity index (χ4v) is 4.59. The lowest BCUT2D eigenvalue weighted by Crippen LogP contribution is -2.41. The van der Waals surface area contributed by atoms with Gasteiger partial charge in [0.15, 0.2) is 15.5 Å². The quantitative estimate of drug-likeness (QED) is 0.387. The summed E-state index contributed by atoms with van der Waals surface area (Å²) in [4.78, 5) is 26.7. The number of fused-ring (bicyclic) bond motifs is 1. The maximum Gasteiger partial charge on any atom is 0.255 e. The first-order valence-corrected chi connectivity index (χ1v) is 12.8. The Labute approximate surface area is 200 Å². The van der Waals surface area contributed by atoms with Gasteiger partial charge in [0, 0.05) is 38.4 Å². The van der Waals surface area contributed by atoms with E-state index >= 15 is 0 Å². The molecule has 0 aliphatic carbocycles. The summed E-state index contributed by atoms with van der Waals surface area (Å²) < 4.78 is 44.2. The molecule has 1 aromatic carbocycles. The molecule has 1 aliphatic heterocycles. The number of ether oxygens (including phenoxy) is 1. The first-order valence-electron chi connectivity index (χ1n) is 10.9. The van der Waals surface area contributed by atoms with Gasteiger partial charge < -0.3 is 9.64 Å². The second-order valence-electron chi connectivity index (χ2n) is 8.22. The van der Waals surface area contributed by atoms with Crippen LogP contribution in [0.1, 0.15) is 23.2 Å². The number of carbonyl (C=O) groups excluding carboxylic acids is 1. The zero-order valence-corrected chi connectivity index (χ0v) is 19.5. The lowest BCUT2D eigenvalue weighted by molar-refractivity contribution is 0.0590. The van der Waals surface area contributed by atoms with E-state index in [2.05, 4.69) is 20.1 Å². The number of carbonyl (C=O) groups is 1. The Hall–Kier alpha value is -3.93. The summed E-state index contributed by atoms with van der Waals surface area (Å²) in [5, 5.41) is 5.01.